The Labute approximate surface area is 472 Å². The van der Waals surface area contributed by atoms with Crippen molar-refractivity contribution in [2.24, 2.45) is 0 Å². The summed E-state index contributed by atoms with van der Waals surface area (Å²) in [4.78, 5) is 38.1. The van der Waals surface area contributed by atoms with Gasteiger partial charge in [0.25, 0.3) is 0 Å². The number of hydrogen-bond donors (Lipinski definition) is 0. The third-order valence-electron chi connectivity index (χ3n) is 12.2. The summed E-state index contributed by atoms with van der Waals surface area (Å²) in [6.07, 6.45) is 93.6. The summed E-state index contributed by atoms with van der Waals surface area (Å²) in [5, 5.41) is 0. The van der Waals surface area contributed by atoms with Crippen molar-refractivity contribution in [3.8, 4) is 0 Å². The van der Waals surface area contributed by atoms with Crippen LogP contribution >= 0.6 is 0 Å². The molecule has 1 unspecified atom stereocenters. The molecule has 0 aliphatic rings. The van der Waals surface area contributed by atoms with E-state index in [9.17, 15) is 14.4 Å². The first-order valence-corrected chi connectivity index (χ1v) is 30.6. The Balaban J connectivity index is 4.44. The van der Waals surface area contributed by atoms with E-state index in [1.54, 1.807) is 0 Å². The number of rotatable bonds is 53. The molecular formula is C71H110O6. The molecule has 0 N–H and O–H groups in total. The highest BCUT2D eigenvalue weighted by atomic mass is 16.6. The van der Waals surface area contributed by atoms with Crippen LogP contribution in [0.4, 0.5) is 0 Å². The topological polar surface area (TPSA) is 78.9 Å². The lowest BCUT2D eigenvalue weighted by Gasteiger charge is -2.18. The van der Waals surface area contributed by atoms with Crippen molar-refractivity contribution in [3.63, 3.8) is 0 Å². The average Bonchev–Trinajstić information content (AvgIpc) is 3.43. The number of unbranched alkanes of at least 4 members (excludes halogenated alkanes) is 14. The van der Waals surface area contributed by atoms with Crippen LogP contribution < -0.4 is 0 Å². The number of hydrogen-bond acceptors (Lipinski definition) is 6. The van der Waals surface area contributed by atoms with E-state index in [-0.39, 0.29) is 37.5 Å². The van der Waals surface area contributed by atoms with Crippen molar-refractivity contribution in [2.45, 2.75) is 245 Å². The van der Waals surface area contributed by atoms with Crippen molar-refractivity contribution in [3.05, 3.63) is 170 Å². The van der Waals surface area contributed by atoms with Crippen LogP contribution in [-0.2, 0) is 28.6 Å². The monoisotopic (exact) mass is 1060 g/mol. The van der Waals surface area contributed by atoms with Crippen molar-refractivity contribution < 1.29 is 28.6 Å². The molecule has 0 heterocycles. The Kier molecular flexibility index (Phi) is 59.0. The van der Waals surface area contributed by atoms with Crippen LogP contribution in [0.15, 0.2) is 170 Å². The third-order valence-corrected chi connectivity index (χ3v) is 12.2. The molecule has 1 atom stereocenters. The number of allylic oxidation sites excluding steroid dienone is 28. The molecule has 0 aromatic rings. The second-order valence-electron chi connectivity index (χ2n) is 19.5. The molecule has 0 aromatic carbocycles. The first kappa shape index (κ1) is 71.8. The molecule has 430 valence electrons. The van der Waals surface area contributed by atoms with Gasteiger partial charge < -0.3 is 14.2 Å². The van der Waals surface area contributed by atoms with Crippen LogP contribution in [0.3, 0.4) is 0 Å². The maximum absolute atomic E-state index is 12.9. The summed E-state index contributed by atoms with van der Waals surface area (Å²) in [5.41, 5.74) is 0. The molecule has 0 spiro atoms. The number of ether oxygens (including phenoxy) is 3. The Morgan fingerprint density at radius 1 is 0.273 bits per heavy atom. The van der Waals surface area contributed by atoms with E-state index in [1.807, 2.05) is 0 Å². The average molecular weight is 1060 g/mol. The van der Waals surface area contributed by atoms with Crippen molar-refractivity contribution in [2.75, 3.05) is 13.2 Å². The summed E-state index contributed by atoms with van der Waals surface area (Å²) in [7, 11) is 0. The van der Waals surface area contributed by atoms with Crippen LogP contribution in [0, 0.1) is 0 Å². The number of carbonyl (C=O) groups is 3. The Hall–Kier alpha value is -5.23. The molecule has 0 saturated heterocycles. The van der Waals surface area contributed by atoms with E-state index in [0.717, 1.165) is 154 Å². The predicted molar refractivity (Wildman–Crippen MR) is 334 cm³/mol. The molecule has 0 aliphatic carbocycles. The quantitative estimate of drug-likeness (QED) is 0.0261. The van der Waals surface area contributed by atoms with Gasteiger partial charge in [0, 0.05) is 19.3 Å². The maximum atomic E-state index is 12.9. The zero-order valence-corrected chi connectivity index (χ0v) is 49.1. The van der Waals surface area contributed by atoms with Gasteiger partial charge >= 0.3 is 17.9 Å². The Morgan fingerprint density at radius 2 is 0.506 bits per heavy atom. The number of carbonyl (C=O) groups excluding carboxylic acids is 3. The van der Waals surface area contributed by atoms with Gasteiger partial charge in [0.2, 0.25) is 0 Å². The van der Waals surface area contributed by atoms with Gasteiger partial charge in [-0.1, -0.05) is 255 Å². The minimum Gasteiger partial charge on any atom is -0.462 e. The fourth-order valence-electron chi connectivity index (χ4n) is 7.69. The maximum Gasteiger partial charge on any atom is 0.306 e. The molecule has 6 nitrogen and oxygen atoms in total. The molecule has 0 amide bonds. The zero-order valence-electron chi connectivity index (χ0n) is 49.1. The molecule has 77 heavy (non-hydrogen) atoms. The van der Waals surface area contributed by atoms with Gasteiger partial charge in [-0.05, 0) is 135 Å². The van der Waals surface area contributed by atoms with Gasteiger partial charge in [-0.3, -0.25) is 14.4 Å². The highest BCUT2D eigenvalue weighted by molar-refractivity contribution is 5.71. The molecular weight excluding hydrogens is 949 g/mol. The van der Waals surface area contributed by atoms with Crippen LogP contribution in [0.1, 0.15) is 239 Å². The summed E-state index contributed by atoms with van der Waals surface area (Å²) < 4.78 is 16.8. The fraction of sp³-hybridized carbons (Fsp3) is 0.563. The number of esters is 3. The molecule has 0 aliphatic heterocycles. The standard InChI is InChI=1S/C71H110O6/c1-4-7-10-13-16-19-21-23-25-27-29-31-33-35-37-39-41-43-45-47-49-52-55-58-61-64-70(73)76-67-68(66-75-69(72)63-60-57-54-51-18-15-12-9-6-3)77-71(74)65-62-59-56-53-50-48-46-44-42-40-38-36-34-32-30-28-26-24-22-20-17-14-11-8-5-2/h7-8,10-11,16-17,19-20,23-26,29-32,35-38,41-44,47-50,68H,4-6,9,12-15,18,21-22,27-28,33-34,39-40,45-46,51-67H2,1-3H3/b10-7-,11-8-,19-16-,20-17-,25-23-,26-24-,31-29-,32-30-,37-35-,38-36-,43-41-,44-42-,49-47-,50-48-. The van der Waals surface area contributed by atoms with Crippen molar-refractivity contribution in [1.82, 2.24) is 0 Å². The summed E-state index contributed by atoms with van der Waals surface area (Å²) in [6.45, 7) is 6.32. The smallest absolute Gasteiger partial charge is 0.306 e. The fourth-order valence-corrected chi connectivity index (χ4v) is 7.69. The first-order valence-electron chi connectivity index (χ1n) is 30.6. The Bertz CT molecular complexity index is 1790. The van der Waals surface area contributed by atoms with Gasteiger partial charge in [-0.15, -0.1) is 0 Å². The van der Waals surface area contributed by atoms with Crippen LogP contribution in [-0.4, -0.2) is 37.2 Å². The van der Waals surface area contributed by atoms with Gasteiger partial charge in [-0.25, -0.2) is 0 Å². The summed E-state index contributed by atoms with van der Waals surface area (Å²) in [5.74, 6) is -0.988. The predicted octanol–water partition coefficient (Wildman–Crippen LogP) is 21.1. The van der Waals surface area contributed by atoms with Crippen LogP contribution in [0.25, 0.3) is 0 Å². The van der Waals surface area contributed by atoms with E-state index >= 15 is 0 Å². The van der Waals surface area contributed by atoms with E-state index < -0.39 is 6.10 Å². The van der Waals surface area contributed by atoms with Gasteiger partial charge in [-0.2, -0.15) is 0 Å². The van der Waals surface area contributed by atoms with Crippen molar-refractivity contribution >= 4 is 17.9 Å². The first-order chi connectivity index (χ1) is 38.0. The summed E-state index contributed by atoms with van der Waals surface area (Å²) >= 11 is 0. The normalized spacial score (nSPS) is 13.3. The third kappa shape index (κ3) is 61.5. The van der Waals surface area contributed by atoms with Gasteiger partial charge in [0.1, 0.15) is 13.2 Å². The lowest BCUT2D eigenvalue weighted by atomic mass is 10.1. The van der Waals surface area contributed by atoms with E-state index in [4.69, 9.17) is 14.2 Å². The van der Waals surface area contributed by atoms with Gasteiger partial charge in [0.15, 0.2) is 6.10 Å². The lowest BCUT2D eigenvalue weighted by Crippen LogP contribution is -2.30. The van der Waals surface area contributed by atoms with Crippen LogP contribution in [0.2, 0.25) is 0 Å². The molecule has 6 heteroatoms. The molecule has 0 saturated carbocycles. The molecule has 0 rings (SSSR count). The minimum absolute atomic E-state index is 0.109. The largest absolute Gasteiger partial charge is 0.462 e. The minimum atomic E-state index is -0.818. The van der Waals surface area contributed by atoms with E-state index in [0.29, 0.717) is 19.3 Å². The van der Waals surface area contributed by atoms with Gasteiger partial charge in [0.05, 0.1) is 0 Å². The van der Waals surface area contributed by atoms with Crippen molar-refractivity contribution in [1.29, 1.82) is 0 Å². The van der Waals surface area contributed by atoms with E-state index in [1.165, 1.54) is 38.5 Å². The van der Waals surface area contributed by atoms with E-state index in [2.05, 4.69) is 191 Å². The SMILES string of the molecule is CC/C=C\C/C=C\C/C=C\C/C=C\C/C=C\C/C=C\C/C=C\CCCCCC(=O)OCC(COC(=O)CCCCCCCCCCC)OC(=O)CCCCC/C=C\C/C=C\C/C=C\C/C=C\C/C=C\C/C=C\C/C=C\CC. The molecule has 0 radical (unpaired) electrons. The second kappa shape index (κ2) is 63.3. The molecule has 0 fully saturated rings. The second-order valence-corrected chi connectivity index (χ2v) is 19.5. The lowest BCUT2D eigenvalue weighted by molar-refractivity contribution is -0.167. The summed E-state index contributed by atoms with van der Waals surface area (Å²) in [6, 6.07) is 0. The molecule has 0 bridgehead atoms. The highest BCUT2D eigenvalue weighted by Gasteiger charge is 2.19. The zero-order chi connectivity index (χ0) is 55.7. The van der Waals surface area contributed by atoms with Crippen LogP contribution in [0.5, 0.6) is 0 Å². The molecule has 0 aromatic heterocycles. The Morgan fingerprint density at radius 3 is 0.792 bits per heavy atom. The highest BCUT2D eigenvalue weighted by Crippen LogP contribution is 2.13.